The maximum Gasteiger partial charge on any atom is 0.329 e. The van der Waals surface area contributed by atoms with Crippen LogP contribution in [-0.2, 0) is 37.4 Å². The van der Waals surface area contributed by atoms with Crippen molar-refractivity contribution in [2.75, 3.05) is 13.2 Å². The zero-order valence-corrected chi connectivity index (χ0v) is 17.2. The Balaban J connectivity index is 1.95. The Morgan fingerprint density at radius 1 is 1.10 bits per heavy atom. The first-order chi connectivity index (χ1) is 14.0. The molecule has 0 saturated heterocycles. The molecule has 0 spiro atoms. The Kier molecular flexibility index (Phi) is 6.25. The van der Waals surface area contributed by atoms with Crippen molar-refractivity contribution in [3.8, 4) is 0 Å². The Bertz CT molecular complexity index is 888. The first-order valence-corrected chi connectivity index (χ1v) is 10.2. The van der Waals surface area contributed by atoms with Gasteiger partial charge in [0.1, 0.15) is 0 Å². The summed E-state index contributed by atoms with van der Waals surface area (Å²) in [6.45, 7) is 6.12. The summed E-state index contributed by atoms with van der Waals surface area (Å²) in [5, 5.41) is 0. The van der Waals surface area contributed by atoms with Crippen LogP contribution >= 0.6 is 0 Å². The van der Waals surface area contributed by atoms with E-state index in [4.69, 9.17) is 13.9 Å². The topological polar surface area (TPSA) is 87.7 Å². The predicted molar refractivity (Wildman–Crippen MR) is 105 cm³/mol. The van der Waals surface area contributed by atoms with Crippen LogP contribution in [0.25, 0.3) is 0 Å². The second-order valence-corrected chi connectivity index (χ2v) is 7.10. The average Bonchev–Trinajstić information content (AvgIpc) is 3.42. The molecule has 0 bridgehead atoms. The van der Waals surface area contributed by atoms with Gasteiger partial charge in [-0.05, 0) is 56.9 Å². The summed E-state index contributed by atoms with van der Waals surface area (Å²) >= 11 is 0. The number of unbranched alkanes of at least 4 members (excludes halogenated alkanes) is 1. The van der Waals surface area contributed by atoms with Crippen molar-refractivity contribution < 1.29 is 28.3 Å². The quantitative estimate of drug-likeness (QED) is 0.363. The summed E-state index contributed by atoms with van der Waals surface area (Å²) in [5.41, 5.74) is 0.248. The molecular formula is C22H27NO6. The van der Waals surface area contributed by atoms with E-state index in [0.29, 0.717) is 17.9 Å². The van der Waals surface area contributed by atoms with Gasteiger partial charge in [0.25, 0.3) is 0 Å². The van der Waals surface area contributed by atoms with Gasteiger partial charge in [-0.25, -0.2) is 0 Å². The molecule has 0 unspecified atom stereocenters. The minimum absolute atomic E-state index is 0.152. The third-order valence-corrected chi connectivity index (χ3v) is 5.31. The fourth-order valence-electron chi connectivity index (χ4n) is 3.83. The summed E-state index contributed by atoms with van der Waals surface area (Å²) in [4.78, 5) is 38.5. The van der Waals surface area contributed by atoms with Crippen molar-refractivity contribution in [2.24, 2.45) is 0 Å². The molecule has 3 heterocycles. The number of hydrogen-bond acceptors (Lipinski definition) is 6. The van der Waals surface area contributed by atoms with E-state index in [0.717, 1.165) is 24.8 Å². The van der Waals surface area contributed by atoms with Crippen LogP contribution in [0, 0.1) is 0 Å². The lowest BCUT2D eigenvalue weighted by Gasteiger charge is -2.23. The maximum absolute atomic E-state index is 13.0. The van der Waals surface area contributed by atoms with Gasteiger partial charge in [-0.1, -0.05) is 13.3 Å². The number of rotatable bonds is 9. The highest BCUT2D eigenvalue weighted by Gasteiger charge is 2.55. The van der Waals surface area contributed by atoms with Crippen LogP contribution in [0.15, 0.2) is 28.9 Å². The van der Waals surface area contributed by atoms with E-state index < -0.39 is 17.4 Å². The molecule has 1 aliphatic heterocycles. The summed E-state index contributed by atoms with van der Waals surface area (Å²) in [5.74, 6) is -1.31. The standard InChI is InChI=1S/C22H27NO6/c1-4-7-8-15-13-17(29-14-15)19(24)16-9-10-18-22(11-12-23(16)18,20(25)27-5-2)21(26)28-6-3/h9-10,13-14H,4-8,11-12H2,1-3H3. The van der Waals surface area contributed by atoms with Crippen molar-refractivity contribution in [3.63, 3.8) is 0 Å². The number of aryl methyl sites for hydroxylation is 1. The Hall–Kier alpha value is -2.83. The van der Waals surface area contributed by atoms with Crippen molar-refractivity contribution >= 4 is 17.7 Å². The number of furan rings is 1. The van der Waals surface area contributed by atoms with Crippen LogP contribution in [0.3, 0.4) is 0 Å². The van der Waals surface area contributed by atoms with Crippen molar-refractivity contribution in [1.82, 2.24) is 4.57 Å². The van der Waals surface area contributed by atoms with Crippen LogP contribution in [0.5, 0.6) is 0 Å². The SMILES string of the molecule is CCCCc1coc(C(=O)c2ccc3n2CCC3(C(=O)OCC)C(=O)OCC)c1. The van der Waals surface area contributed by atoms with Crippen molar-refractivity contribution in [2.45, 2.75) is 58.4 Å². The average molecular weight is 401 g/mol. The maximum atomic E-state index is 13.0. The van der Waals surface area contributed by atoms with E-state index in [-0.39, 0.29) is 31.2 Å². The summed E-state index contributed by atoms with van der Waals surface area (Å²) < 4.78 is 17.6. The molecule has 0 aromatic carbocycles. The first kappa shape index (κ1) is 20.9. The van der Waals surface area contributed by atoms with E-state index >= 15 is 0 Å². The van der Waals surface area contributed by atoms with E-state index in [1.54, 1.807) is 42.9 Å². The number of hydrogen-bond donors (Lipinski definition) is 0. The number of fused-ring (bicyclic) bond motifs is 1. The van der Waals surface area contributed by atoms with Crippen LogP contribution in [-0.4, -0.2) is 35.5 Å². The normalized spacial score (nSPS) is 14.4. The van der Waals surface area contributed by atoms with Gasteiger partial charge in [0.15, 0.2) is 5.76 Å². The number of ether oxygens (including phenoxy) is 2. The van der Waals surface area contributed by atoms with Gasteiger partial charge in [0.05, 0.1) is 25.2 Å². The zero-order chi connectivity index (χ0) is 21.0. The Morgan fingerprint density at radius 3 is 2.41 bits per heavy atom. The molecule has 1 aliphatic rings. The van der Waals surface area contributed by atoms with Crippen molar-refractivity contribution in [1.29, 1.82) is 0 Å². The molecule has 0 radical (unpaired) electrons. The second-order valence-electron chi connectivity index (χ2n) is 7.10. The molecule has 0 atom stereocenters. The third kappa shape index (κ3) is 3.61. The molecule has 7 heteroatoms. The molecule has 0 N–H and O–H groups in total. The van der Waals surface area contributed by atoms with Crippen LogP contribution in [0.2, 0.25) is 0 Å². The van der Waals surface area contributed by atoms with Gasteiger partial charge in [-0.3, -0.25) is 14.4 Å². The summed E-state index contributed by atoms with van der Waals surface area (Å²) in [6, 6.07) is 5.02. The Labute approximate surface area is 170 Å². The molecule has 29 heavy (non-hydrogen) atoms. The first-order valence-electron chi connectivity index (χ1n) is 10.2. The molecule has 0 fully saturated rings. The summed E-state index contributed by atoms with van der Waals surface area (Å²) in [6.07, 6.45) is 4.74. The van der Waals surface area contributed by atoms with Gasteiger partial charge in [-0.15, -0.1) is 0 Å². The number of carbonyl (C=O) groups is 3. The highest BCUT2D eigenvalue weighted by Crippen LogP contribution is 2.39. The monoisotopic (exact) mass is 401 g/mol. The lowest BCUT2D eigenvalue weighted by Crippen LogP contribution is -2.44. The lowest BCUT2D eigenvalue weighted by atomic mass is 9.83. The number of ketones is 1. The fraction of sp³-hybridized carbons (Fsp3) is 0.500. The molecule has 0 aliphatic carbocycles. The molecule has 2 aromatic heterocycles. The van der Waals surface area contributed by atoms with E-state index in [9.17, 15) is 14.4 Å². The zero-order valence-electron chi connectivity index (χ0n) is 17.2. The van der Waals surface area contributed by atoms with Gasteiger partial charge >= 0.3 is 11.9 Å². The lowest BCUT2D eigenvalue weighted by molar-refractivity contribution is -0.164. The Morgan fingerprint density at radius 2 is 1.79 bits per heavy atom. The number of aromatic nitrogens is 1. The fourth-order valence-corrected chi connectivity index (χ4v) is 3.83. The van der Waals surface area contributed by atoms with Gasteiger partial charge in [-0.2, -0.15) is 0 Å². The smallest absolute Gasteiger partial charge is 0.329 e. The van der Waals surface area contributed by atoms with E-state index in [1.807, 2.05) is 0 Å². The van der Waals surface area contributed by atoms with Crippen LogP contribution in [0.4, 0.5) is 0 Å². The molecule has 0 amide bonds. The minimum Gasteiger partial charge on any atom is -0.465 e. The largest absolute Gasteiger partial charge is 0.465 e. The van der Waals surface area contributed by atoms with Gasteiger partial charge in [0.2, 0.25) is 11.2 Å². The third-order valence-electron chi connectivity index (χ3n) is 5.31. The second kappa shape index (κ2) is 8.68. The van der Waals surface area contributed by atoms with Crippen LogP contribution < -0.4 is 0 Å². The summed E-state index contributed by atoms with van der Waals surface area (Å²) in [7, 11) is 0. The number of carbonyl (C=O) groups excluding carboxylic acids is 3. The van der Waals surface area contributed by atoms with Gasteiger partial charge in [0, 0.05) is 12.2 Å². The van der Waals surface area contributed by atoms with Crippen LogP contribution in [0.1, 0.15) is 67.5 Å². The predicted octanol–water partition coefficient (Wildman–Crippen LogP) is 3.42. The minimum atomic E-state index is -1.54. The highest BCUT2D eigenvalue weighted by molar-refractivity contribution is 6.09. The van der Waals surface area contributed by atoms with E-state index in [1.165, 1.54) is 0 Å². The molecule has 156 valence electrons. The molecule has 0 saturated carbocycles. The highest BCUT2D eigenvalue weighted by atomic mass is 16.6. The van der Waals surface area contributed by atoms with Gasteiger partial charge < -0.3 is 18.5 Å². The molecule has 7 nitrogen and oxygen atoms in total. The molecule has 2 aromatic rings. The molecule has 3 rings (SSSR count). The number of esters is 2. The van der Waals surface area contributed by atoms with Crippen molar-refractivity contribution in [3.05, 3.63) is 47.2 Å². The molecular weight excluding hydrogens is 374 g/mol. The number of nitrogens with zero attached hydrogens (tertiary/aromatic N) is 1. The van der Waals surface area contributed by atoms with E-state index in [2.05, 4.69) is 6.92 Å².